The summed E-state index contributed by atoms with van der Waals surface area (Å²) in [6.45, 7) is 3.61. The zero-order valence-electron chi connectivity index (χ0n) is 21.0. The molecule has 8 nitrogen and oxygen atoms in total. The Hall–Kier alpha value is -3.02. The highest BCUT2D eigenvalue weighted by molar-refractivity contribution is 7.98. The minimum atomic E-state index is -4.07. The molecule has 0 bridgehead atoms. The molecule has 0 unspecified atom stereocenters. The van der Waals surface area contributed by atoms with Crippen molar-refractivity contribution in [3.63, 3.8) is 0 Å². The summed E-state index contributed by atoms with van der Waals surface area (Å²) in [6.07, 6.45) is 3.02. The first kappa shape index (κ1) is 28.5. The maximum absolute atomic E-state index is 13.6. The van der Waals surface area contributed by atoms with Crippen LogP contribution in [0, 0.1) is 0 Å². The standard InChI is InChI=1S/C26H30N2O6S3/c1-5-34-22-10-8-21(9-11-22)28(37(32,33)25-16-12-23(35-3)13-17-25)18-26(29)27-19(2)20-6-14-24(15-7-20)36(4,30)31/h6-17,19H,5,18H2,1-4H3,(H,27,29)/t19-/m1/s1. The van der Waals surface area contributed by atoms with Crippen molar-refractivity contribution in [2.45, 2.75) is 34.6 Å². The van der Waals surface area contributed by atoms with Crippen molar-refractivity contribution >= 4 is 43.2 Å². The molecule has 0 heterocycles. The number of sulfonamides is 1. The minimum Gasteiger partial charge on any atom is -0.494 e. The van der Waals surface area contributed by atoms with Crippen molar-refractivity contribution < 1.29 is 26.4 Å². The number of carbonyl (C=O) groups is 1. The summed E-state index contributed by atoms with van der Waals surface area (Å²) >= 11 is 1.50. The number of thioether (sulfide) groups is 1. The van der Waals surface area contributed by atoms with Crippen LogP contribution in [0.15, 0.2) is 87.5 Å². The predicted molar refractivity (Wildman–Crippen MR) is 146 cm³/mol. The minimum absolute atomic E-state index is 0.0661. The van der Waals surface area contributed by atoms with E-state index in [1.807, 2.05) is 13.2 Å². The number of sulfone groups is 1. The zero-order valence-corrected chi connectivity index (χ0v) is 23.5. The number of ether oxygens (including phenoxy) is 1. The van der Waals surface area contributed by atoms with Gasteiger partial charge in [0.25, 0.3) is 10.0 Å². The van der Waals surface area contributed by atoms with Crippen LogP contribution in [0.5, 0.6) is 5.75 Å². The van der Waals surface area contributed by atoms with Gasteiger partial charge in [0.15, 0.2) is 9.84 Å². The van der Waals surface area contributed by atoms with Crippen LogP contribution >= 0.6 is 11.8 Å². The molecule has 11 heteroatoms. The van der Waals surface area contributed by atoms with Gasteiger partial charge in [0.05, 0.1) is 28.1 Å². The van der Waals surface area contributed by atoms with Crippen molar-refractivity contribution in [1.82, 2.24) is 5.32 Å². The molecule has 1 atom stereocenters. The van der Waals surface area contributed by atoms with Crippen LogP contribution in [-0.4, -0.2) is 48.4 Å². The van der Waals surface area contributed by atoms with Gasteiger partial charge in [-0.05, 0) is 86.3 Å². The lowest BCUT2D eigenvalue weighted by molar-refractivity contribution is -0.120. The van der Waals surface area contributed by atoms with Gasteiger partial charge in [-0.15, -0.1) is 11.8 Å². The van der Waals surface area contributed by atoms with Crippen LogP contribution < -0.4 is 14.4 Å². The second-order valence-corrected chi connectivity index (χ2v) is 13.0. The van der Waals surface area contributed by atoms with Crippen molar-refractivity contribution in [3.8, 4) is 5.75 Å². The Morgan fingerprint density at radius 3 is 2.00 bits per heavy atom. The second kappa shape index (κ2) is 12.0. The number of nitrogens with one attached hydrogen (secondary N) is 1. The van der Waals surface area contributed by atoms with E-state index >= 15 is 0 Å². The quantitative estimate of drug-likeness (QED) is 0.347. The van der Waals surface area contributed by atoms with E-state index in [0.29, 0.717) is 23.6 Å². The summed E-state index contributed by atoms with van der Waals surface area (Å²) < 4.78 is 57.2. The van der Waals surface area contributed by atoms with Crippen molar-refractivity contribution in [2.24, 2.45) is 0 Å². The summed E-state index contributed by atoms with van der Waals surface area (Å²) in [4.78, 5) is 14.2. The molecule has 0 aliphatic heterocycles. The third-order valence-corrected chi connectivity index (χ3v) is 9.22. The van der Waals surface area contributed by atoms with Gasteiger partial charge < -0.3 is 10.1 Å². The normalized spacial score (nSPS) is 12.5. The molecule has 0 spiro atoms. The summed E-state index contributed by atoms with van der Waals surface area (Å²) in [7, 11) is -7.41. The van der Waals surface area contributed by atoms with Gasteiger partial charge in [0.2, 0.25) is 5.91 Å². The third-order valence-electron chi connectivity index (χ3n) is 5.56. The number of nitrogens with zero attached hydrogens (tertiary/aromatic N) is 1. The van der Waals surface area contributed by atoms with Crippen molar-refractivity contribution in [1.29, 1.82) is 0 Å². The van der Waals surface area contributed by atoms with Crippen LogP contribution in [0.2, 0.25) is 0 Å². The lowest BCUT2D eigenvalue weighted by atomic mass is 10.1. The van der Waals surface area contributed by atoms with Crippen LogP contribution in [0.4, 0.5) is 5.69 Å². The molecule has 0 radical (unpaired) electrons. The van der Waals surface area contributed by atoms with E-state index in [0.717, 1.165) is 15.5 Å². The van der Waals surface area contributed by atoms with Gasteiger partial charge in [-0.2, -0.15) is 0 Å². The summed E-state index contributed by atoms with van der Waals surface area (Å²) in [5.74, 6) is 0.0708. The largest absolute Gasteiger partial charge is 0.494 e. The fourth-order valence-corrected chi connectivity index (χ4v) is 6.03. The van der Waals surface area contributed by atoms with E-state index in [-0.39, 0.29) is 9.79 Å². The summed E-state index contributed by atoms with van der Waals surface area (Å²) in [5.41, 5.74) is 1.00. The maximum atomic E-state index is 13.6. The van der Waals surface area contributed by atoms with Crippen LogP contribution in [0.3, 0.4) is 0 Å². The van der Waals surface area contributed by atoms with Gasteiger partial charge in [0.1, 0.15) is 12.3 Å². The molecule has 3 aromatic carbocycles. The number of benzene rings is 3. The van der Waals surface area contributed by atoms with E-state index in [2.05, 4.69) is 5.32 Å². The highest BCUT2D eigenvalue weighted by atomic mass is 32.2. The fourth-order valence-electron chi connectivity index (χ4n) is 3.57. The average Bonchev–Trinajstić information content (AvgIpc) is 2.87. The third kappa shape index (κ3) is 7.27. The van der Waals surface area contributed by atoms with Gasteiger partial charge in [-0.25, -0.2) is 16.8 Å². The molecular weight excluding hydrogens is 532 g/mol. The molecule has 0 saturated heterocycles. The summed E-state index contributed by atoms with van der Waals surface area (Å²) in [6, 6.07) is 18.7. The lowest BCUT2D eigenvalue weighted by Gasteiger charge is -2.25. The molecule has 0 aliphatic rings. The molecule has 1 N–H and O–H groups in total. The van der Waals surface area contributed by atoms with E-state index < -0.39 is 38.4 Å². The topological polar surface area (TPSA) is 110 Å². The second-order valence-electron chi connectivity index (χ2n) is 8.24. The smallest absolute Gasteiger partial charge is 0.264 e. The Morgan fingerprint density at radius 1 is 0.919 bits per heavy atom. The van der Waals surface area contributed by atoms with Crippen LogP contribution in [-0.2, 0) is 24.7 Å². The number of anilines is 1. The highest BCUT2D eigenvalue weighted by Crippen LogP contribution is 2.27. The maximum Gasteiger partial charge on any atom is 0.264 e. The first-order valence-electron chi connectivity index (χ1n) is 11.4. The fraction of sp³-hybridized carbons (Fsp3) is 0.269. The lowest BCUT2D eigenvalue weighted by Crippen LogP contribution is -2.41. The molecule has 1 amide bonds. The zero-order chi connectivity index (χ0) is 27.2. The average molecular weight is 563 g/mol. The summed E-state index contributed by atoms with van der Waals surface area (Å²) in [5, 5.41) is 2.81. The Bertz CT molecular complexity index is 1420. The SMILES string of the molecule is CCOc1ccc(N(CC(=O)N[C@H](C)c2ccc(S(C)(=O)=O)cc2)S(=O)(=O)c2ccc(SC)cc2)cc1. The number of hydrogen-bond donors (Lipinski definition) is 1. The first-order chi connectivity index (χ1) is 17.5. The van der Waals surface area contributed by atoms with Crippen molar-refractivity contribution in [3.05, 3.63) is 78.4 Å². The van der Waals surface area contributed by atoms with Crippen molar-refractivity contribution in [2.75, 3.05) is 30.0 Å². The number of rotatable bonds is 11. The molecule has 37 heavy (non-hydrogen) atoms. The van der Waals surface area contributed by atoms with E-state index in [9.17, 15) is 21.6 Å². The van der Waals surface area contributed by atoms with Gasteiger partial charge in [-0.3, -0.25) is 9.10 Å². The molecule has 0 fully saturated rings. The Kier molecular flexibility index (Phi) is 9.27. The molecular formula is C26H30N2O6S3. The Balaban J connectivity index is 1.87. The van der Waals surface area contributed by atoms with Gasteiger partial charge in [-0.1, -0.05) is 12.1 Å². The highest BCUT2D eigenvalue weighted by Gasteiger charge is 2.28. The monoisotopic (exact) mass is 562 g/mol. The number of hydrogen-bond acceptors (Lipinski definition) is 7. The van der Waals surface area contributed by atoms with Gasteiger partial charge >= 0.3 is 0 Å². The molecule has 0 saturated carbocycles. The van der Waals surface area contributed by atoms with E-state index in [1.165, 1.54) is 36.0 Å². The Labute approximate surface area is 223 Å². The molecule has 3 rings (SSSR count). The Morgan fingerprint density at radius 2 is 1.49 bits per heavy atom. The first-order valence-corrected chi connectivity index (χ1v) is 16.0. The van der Waals surface area contributed by atoms with Gasteiger partial charge in [0, 0.05) is 11.2 Å². The number of carbonyl (C=O) groups excluding carboxylic acids is 1. The molecule has 3 aromatic rings. The molecule has 0 aromatic heterocycles. The molecule has 198 valence electrons. The number of amides is 1. The predicted octanol–water partition coefficient (Wildman–Crippen LogP) is 4.28. The molecule has 0 aliphatic carbocycles. The van der Waals surface area contributed by atoms with Crippen LogP contribution in [0.1, 0.15) is 25.5 Å². The van der Waals surface area contributed by atoms with Crippen LogP contribution in [0.25, 0.3) is 0 Å². The van der Waals surface area contributed by atoms with E-state index in [1.54, 1.807) is 55.5 Å². The van der Waals surface area contributed by atoms with E-state index in [4.69, 9.17) is 4.74 Å².